The van der Waals surface area contributed by atoms with Crippen molar-refractivity contribution in [3.63, 3.8) is 0 Å². The fourth-order valence-corrected chi connectivity index (χ4v) is 1.80. The van der Waals surface area contributed by atoms with Gasteiger partial charge in [0.05, 0.1) is 11.4 Å². The highest BCUT2D eigenvalue weighted by Gasteiger charge is 2.21. The van der Waals surface area contributed by atoms with Gasteiger partial charge in [-0.3, -0.25) is 0 Å². The molecule has 2 rings (SSSR count). The number of rotatable bonds is 4. The summed E-state index contributed by atoms with van der Waals surface area (Å²) in [6, 6.07) is 1.47. The highest BCUT2D eigenvalue weighted by Crippen LogP contribution is 2.19. The van der Waals surface area contributed by atoms with Gasteiger partial charge < -0.3 is 5.11 Å². The molecule has 1 heterocycles. The summed E-state index contributed by atoms with van der Waals surface area (Å²) >= 11 is 0. The van der Waals surface area contributed by atoms with E-state index in [1.54, 1.807) is 6.92 Å². The molecule has 0 atom stereocenters. The molecular formula is C12H10F3N3O2. The van der Waals surface area contributed by atoms with Crippen LogP contribution in [0.4, 0.5) is 13.2 Å². The van der Waals surface area contributed by atoms with Crippen molar-refractivity contribution in [3.8, 4) is 5.69 Å². The molecule has 0 saturated heterocycles. The highest BCUT2D eigenvalue weighted by atomic mass is 19.2. The molecule has 1 aromatic heterocycles. The number of aromatic carboxylic acids is 1. The summed E-state index contributed by atoms with van der Waals surface area (Å²) < 4.78 is 40.3. The van der Waals surface area contributed by atoms with Gasteiger partial charge in [-0.05, 0) is 6.42 Å². The van der Waals surface area contributed by atoms with E-state index in [2.05, 4.69) is 10.3 Å². The van der Waals surface area contributed by atoms with E-state index in [-0.39, 0.29) is 17.1 Å². The SMILES string of the molecule is CCCc1c(C(=O)O)nnn1-c1cc(F)c(F)c(F)c1. The summed E-state index contributed by atoms with van der Waals surface area (Å²) in [6.07, 6.45) is 0.884. The number of hydrogen-bond donors (Lipinski definition) is 1. The lowest BCUT2D eigenvalue weighted by Crippen LogP contribution is -2.08. The summed E-state index contributed by atoms with van der Waals surface area (Å²) in [7, 11) is 0. The molecular weight excluding hydrogens is 275 g/mol. The molecule has 5 nitrogen and oxygen atoms in total. The molecule has 8 heteroatoms. The van der Waals surface area contributed by atoms with Gasteiger partial charge in [0.25, 0.3) is 0 Å². The Bertz CT molecular complexity index is 647. The number of carboxylic acids is 1. The molecule has 0 saturated carbocycles. The quantitative estimate of drug-likeness (QED) is 0.875. The topological polar surface area (TPSA) is 68.0 Å². The van der Waals surface area contributed by atoms with Crippen molar-refractivity contribution in [2.24, 2.45) is 0 Å². The Morgan fingerprint density at radius 2 is 1.90 bits per heavy atom. The number of halogens is 3. The van der Waals surface area contributed by atoms with Gasteiger partial charge in [0, 0.05) is 12.1 Å². The number of aromatic nitrogens is 3. The molecule has 0 amide bonds. The lowest BCUT2D eigenvalue weighted by atomic mass is 10.2. The molecule has 106 valence electrons. The number of nitrogens with zero attached hydrogens (tertiary/aromatic N) is 3. The van der Waals surface area contributed by atoms with Crippen molar-refractivity contribution in [2.45, 2.75) is 19.8 Å². The zero-order valence-corrected chi connectivity index (χ0v) is 10.4. The maximum absolute atomic E-state index is 13.2. The summed E-state index contributed by atoms with van der Waals surface area (Å²) in [5.74, 6) is -5.64. The normalized spacial score (nSPS) is 10.8. The molecule has 0 bridgehead atoms. The molecule has 0 unspecified atom stereocenters. The van der Waals surface area contributed by atoms with Crippen LogP contribution >= 0.6 is 0 Å². The summed E-state index contributed by atoms with van der Waals surface area (Å²) in [5.41, 5.74) is -0.216. The Labute approximate surface area is 111 Å². The molecule has 1 N–H and O–H groups in total. The van der Waals surface area contributed by atoms with E-state index in [1.165, 1.54) is 0 Å². The van der Waals surface area contributed by atoms with E-state index < -0.39 is 23.4 Å². The van der Waals surface area contributed by atoms with Crippen molar-refractivity contribution in [2.75, 3.05) is 0 Å². The van der Waals surface area contributed by atoms with Crippen LogP contribution in [0.5, 0.6) is 0 Å². The molecule has 0 aliphatic heterocycles. The van der Waals surface area contributed by atoms with Crippen LogP contribution in [0.25, 0.3) is 5.69 Å². The standard InChI is InChI=1S/C12H10F3N3O2/c1-2-3-9-11(12(19)20)16-17-18(9)6-4-7(13)10(15)8(14)5-6/h4-5H,2-3H2,1H3,(H,19,20). The minimum atomic E-state index is -1.59. The zero-order chi connectivity index (χ0) is 14.9. The summed E-state index contributed by atoms with van der Waals surface area (Å²) in [6.45, 7) is 1.80. The largest absolute Gasteiger partial charge is 0.476 e. The first-order valence-corrected chi connectivity index (χ1v) is 5.78. The predicted molar refractivity (Wildman–Crippen MR) is 62.2 cm³/mol. The van der Waals surface area contributed by atoms with Gasteiger partial charge in [-0.15, -0.1) is 5.10 Å². The average Bonchev–Trinajstić information content (AvgIpc) is 2.79. The molecule has 0 aliphatic carbocycles. The Hall–Kier alpha value is -2.38. The van der Waals surface area contributed by atoms with Gasteiger partial charge in [-0.2, -0.15) is 0 Å². The van der Waals surface area contributed by atoms with Crippen molar-refractivity contribution in [1.29, 1.82) is 0 Å². The lowest BCUT2D eigenvalue weighted by molar-refractivity contribution is 0.0689. The minimum Gasteiger partial charge on any atom is -0.476 e. The smallest absolute Gasteiger partial charge is 0.358 e. The Morgan fingerprint density at radius 1 is 1.30 bits per heavy atom. The van der Waals surface area contributed by atoms with Crippen LogP contribution in [0.3, 0.4) is 0 Å². The van der Waals surface area contributed by atoms with Gasteiger partial charge in [0.2, 0.25) is 0 Å². The summed E-state index contributed by atoms with van der Waals surface area (Å²) in [5, 5.41) is 16.0. The molecule has 0 fully saturated rings. The van der Waals surface area contributed by atoms with Gasteiger partial charge >= 0.3 is 5.97 Å². The molecule has 2 aromatic rings. The van der Waals surface area contributed by atoms with Crippen molar-refractivity contribution in [3.05, 3.63) is 41.0 Å². The second-order valence-electron chi connectivity index (χ2n) is 4.08. The molecule has 0 radical (unpaired) electrons. The van der Waals surface area contributed by atoms with Crippen LogP contribution < -0.4 is 0 Å². The third-order valence-corrected chi connectivity index (χ3v) is 2.67. The van der Waals surface area contributed by atoms with Crippen LogP contribution in [-0.2, 0) is 6.42 Å². The van der Waals surface area contributed by atoms with Gasteiger partial charge in [-0.1, -0.05) is 18.6 Å². The van der Waals surface area contributed by atoms with Crippen LogP contribution in [0, 0.1) is 17.5 Å². The Balaban J connectivity index is 2.60. The van der Waals surface area contributed by atoms with E-state index in [0.717, 1.165) is 16.8 Å². The average molecular weight is 285 g/mol. The molecule has 0 aliphatic rings. The first-order valence-electron chi connectivity index (χ1n) is 5.78. The first kappa shape index (κ1) is 14.0. The van der Waals surface area contributed by atoms with Crippen LogP contribution in [0.2, 0.25) is 0 Å². The van der Waals surface area contributed by atoms with Crippen LogP contribution in [-0.4, -0.2) is 26.1 Å². The van der Waals surface area contributed by atoms with Crippen molar-refractivity contribution < 1.29 is 23.1 Å². The number of hydrogen-bond acceptors (Lipinski definition) is 3. The monoisotopic (exact) mass is 285 g/mol. The predicted octanol–water partition coefficient (Wildman–Crippen LogP) is 2.34. The zero-order valence-electron chi connectivity index (χ0n) is 10.4. The van der Waals surface area contributed by atoms with E-state index in [4.69, 9.17) is 5.11 Å². The van der Waals surface area contributed by atoms with E-state index in [0.29, 0.717) is 12.8 Å². The first-order chi connectivity index (χ1) is 9.45. The molecule has 0 spiro atoms. The second kappa shape index (κ2) is 5.32. The molecule has 1 aromatic carbocycles. The fraction of sp³-hybridized carbons (Fsp3) is 0.250. The second-order valence-corrected chi connectivity index (χ2v) is 4.08. The number of carbonyl (C=O) groups is 1. The van der Waals surface area contributed by atoms with Gasteiger partial charge in [0.15, 0.2) is 23.1 Å². The molecule has 20 heavy (non-hydrogen) atoms. The van der Waals surface area contributed by atoms with E-state index in [9.17, 15) is 18.0 Å². The third-order valence-electron chi connectivity index (χ3n) is 2.67. The third kappa shape index (κ3) is 2.36. The van der Waals surface area contributed by atoms with Crippen LogP contribution in [0.15, 0.2) is 12.1 Å². The highest BCUT2D eigenvalue weighted by molar-refractivity contribution is 5.86. The number of benzene rings is 1. The minimum absolute atomic E-state index is 0.121. The van der Waals surface area contributed by atoms with Gasteiger partial charge in [-0.25, -0.2) is 22.6 Å². The van der Waals surface area contributed by atoms with E-state index >= 15 is 0 Å². The van der Waals surface area contributed by atoms with Crippen molar-refractivity contribution in [1.82, 2.24) is 15.0 Å². The van der Waals surface area contributed by atoms with Crippen molar-refractivity contribution >= 4 is 5.97 Å². The van der Waals surface area contributed by atoms with E-state index in [1.807, 2.05) is 0 Å². The number of carboxylic acid groups (broad SMARTS) is 1. The van der Waals surface area contributed by atoms with Crippen LogP contribution in [0.1, 0.15) is 29.5 Å². The fourth-order valence-electron chi connectivity index (χ4n) is 1.80. The van der Waals surface area contributed by atoms with Gasteiger partial charge in [0.1, 0.15) is 0 Å². The lowest BCUT2D eigenvalue weighted by Gasteiger charge is -2.07. The summed E-state index contributed by atoms with van der Waals surface area (Å²) in [4.78, 5) is 11.0. The Kier molecular flexibility index (Phi) is 3.73. The Morgan fingerprint density at radius 3 is 2.40 bits per heavy atom. The maximum atomic E-state index is 13.2. The maximum Gasteiger partial charge on any atom is 0.358 e.